The quantitative estimate of drug-likeness (QED) is 0.0959. The summed E-state index contributed by atoms with van der Waals surface area (Å²) in [7, 11) is 1.27. The van der Waals surface area contributed by atoms with Gasteiger partial charge in [0.2, 0.25) is 11.8 Å². The fourth-order valence-electron chi connectivity index (χ4n) is 6.84. The second-order valence-electron chi connectivity index (χ2n) is 14.6. The Hall–Kier alpha value is -7.22. The van der Waals surface area contributed by atoms with Crippen LogP contribution in [-0.2, 0) is 56.5 Å². The molecule has 4 bridgehead atoms. The smallest absolute Gasteiger partial charge is 0.408 e. The minimum Gasteiger partial charge on any atom is -0.489 e. The van der Waals surface area contributed by atoms with E-state index >= 15 is 4.39 Å². The highest BCUT2D eigenvalue weighted by atomic mass is 19.1. The molecule has 0 aromatic heterocycles. The molecular weight excluding hydrogens is 784 g/mol. The molecule has 0 radical (unpaired) electrons. The Balaban J connectivity index is 1.31. The highest BCUT2D eigenvalue weighted by Gasteiger charge is 2.35. The monoisotopic (exact) mass is 830 g/mol. The molecule has 0 saturated carbocycles. The minimum atomic E-state index is -1.53. The molecule has 61 heavy (non-hydrogen) atoms. The van der Waals surface area contributed by atoms with Gasteiger partial charge in [0.15, 0.2) is 0 Å². The van der Waals surface area contributed by atoms with Gasteiger partial charge in [0.25, 0.3) is 0 Å². The number of fused-ring (bicyclic) bond motifs is 5. The third-order valence-electron chi connectivity index (χ3n) is 10.2. The van der Waals surface area contributed by atoms with E-state index in [1.54, 1.807) is 48.5 Å². The number of amides is 4. The van der Waals surface area contributed by atoms with Crippen molar-refractivity contribution in [1.29, 1.82) is 0 Å². The molecule has 3 atom stereocenters. The molecule has 0 saturated heterocycles. The van der Waals surface area contributed by atoms with E-state index in [2.05, 4.69) is 16.0 Å². The average molecular weight is 831 g/mol. The molecule has 14 heteroatoms. The van der Waals surface area contributed by atoms with Gasteiger partial charge in [-0.1, -0.05) is 103 Å². The molecule has 0 spiro atoms. The van der Waals surface area contributed by atoms with Crippen molar-refractivity contribution in [3.63, 3.8) is 0 Å². The summed E-state index contributed by atoms with van der Waals surface area (Å²) >= 11 is 0. The predicted molar refractivity (Wildman–Crippen MR) is 224 cm³/mol. The number of hydrogen-bond acceptors (Lipinski definition) is 8. The zero-order valence-corrected chi connectivity index (χ0v) is 33.6. The maximum absolute atomic E-state index is 15.4. The lowest BCUT2D eigenvalue weighted by atomic mass is 9.95. The van der Waals surface area contributed by atoms with Gasteiger partial charge in [-0.2, -0.15) is 0 Å². The predicted octanol–water partition coefficient (Wildman–Crippen LogP) is 6.57. The molecule has 6 rings (SSSR count). The first kappa shape index (κ1) is 43.4. The molecule has 4 N–H and O–H groups in total. The SMILES string of the molecule is CN1C(=O)[C@H](CCCNC(=O)OCc2ccccc2)NC(=O)[C@@H](NC(=O)OCc2ccccc2)Cc2cc(ccc2OCc2ccccc2)-c2ccc(F)c(c2)C[C@H]1C(=O)O. The van der Waals surface area contributed by atoms with E-state index in [1.165, 1.54) is 19.2 Å². The van der Waals surface area contributed by atoms with Gasteiger partial charge >= 0.3 is 18.2 Å². The molecule has 0 fully saturated rings. The number of carbonyl (C=O) groups is 5. The summed E-state index contributed by atoms with van der Waals surface area (Å²) in [5, 5.41) is 18.4. The Morgan fingerprint density at radius 1 is 0.738 bits per heavy atom. The van der Waals surface area contributed by atoms with Gasteiger partial charge in [-0.05, 0) is 76.1 Å². The van der Waals surface area contributed by atoms with E-state index in [4.69, 9.17) is 14.2 Å². The number of benzene rings is 5. The summed E-state index contributed by atoms with van der Waals surface area (Å²) in [6.45, 7) is 0.182. The number of hydrogen-bond donors (Lipinski definition) is 4. The van der Waals surface area contributed by atoms with Crippen LogP contribution in [-0.4, -0.2) is 71.7 Å². The normalized spacial score (nSPS) is 16.6. The molecule has 5 aromatic rings. The molecule has 1 aliphatic rings. The number of halogens is 1. The topological polar surface area (TPSA) is 173 Å². The van der Waals surface area contributed by atoms with Gasteiger partial charge in [0.1, 0.15) is 49.5 Å². The van der Waals surface area contributed by atoms with E-state index in [-0.39, 0.29) is 57.6 Å². The zero-order chi connectivity index (χ0) is 43.1. The van der Waals surface area contributed by atoms with Crippen LogP contribution in [0.1, 0.15) is 40.7 Å². The lowest BCUT2D eigenvalue weighted by Crippen LogP contribution is -2.57. The van der Waals surface area contributed by atoms with E-state index in [9.17, 15) is 29.1 Å². The van der Waals surface area contributed by atoms with Gasteiger partial charge in [-0.15, -0.1) is 0 Å². The summed E-state index contributed by atoms with van der Waals surface area (Å²) in [6.07, 6.45) is -2.03. The first-order valence-electron chi connectivity index (χ1n) is 19.8. The molecule has 316 valence electrons. The number of carbonyl (C=O) groups excluding carboxylic acids is 4. The van der Waals surface area contributed by atoms with Crippen molar-refractivity contribution in [3.05, 3.63) is 161 Å². The number of alkyl carbamates (subject to hydrolysis) is 2. The Morgan fingerprint density at radius 2 is 1.30 bits per heavy atom. The Labute approximate surface area is 352 Å². The Kier molecular flexibility index (Phi) is 15.0. The number of carboxylic acids is 1. The lowest BCUT2D eigenvalue weighted by Gasteiger charge is -2.30. The molecule has 0 aliphatic carbocycles. The van der Waals surface area contributed by atoms with Crippen LogP contribution < -0.4 is 20.7 Å². The summed E-state index contributed by atoms with van der Waals surface area (Å²) in [4.78, 5) is 68.2. The largest absolute Gasteiger partial charge is 0.489 e. The lowest BCUT2D eigenvalue weighted by molar-refractivity contribution is -0.150. The number of rotatable bonds is 13. The van der Waals surface area contributed by atoms with Crippen molar-refractivity contribution < 1.29 is 47.7 Å². The van der Waals surface area contributed by atoms with Crippen molar-refractivity contribution in [1.82, 2.24) is 20.9 Å². The maximum atomic E-state index is 15.4. The third-order valence-corrected chi connectivity index (χ3v) is 10.2. The van der Waals surface area contributed by atoms with Crippen molar-refractivity contribution in [2.24, 2.45) is 0 Å². The van der Waals surface area contributed by atoms with E-state index in [1.807, 2.05) is 66.7 Å². The van der Waals surface area contributed by atoms with Gasteiger partial charge in [0, 0.05) is 26.4 Å². The molecular formula is C47H47FN4O9. The first-order valence-corrected chi connectivity index (χ1v) is 19.8. The van der Waals surface area contributed by atoms with Crippen LogP contribution in [0, 0.1) is 5.82 Å². The van der Waals surface area contributed by atoms with Gasteiger partial charge in [0.05, 0.1) is 0 Å². The molecule has 4 amide bonds. The highest BCUT2D eigenvalue weighted by Crippen LogP contribution is 2.31. The summed E-state index contributed by atoms with van der Waals surface area (Å²) in [5.74, 6) is -3.19. The minimum absolute atomic E-state index is 0.0405. The fourth-order valence-corrected chi connectivity index (χ4v) is 6.84. The van der Waals surface area contributed by atoms with Crippen LogP contribution in [0.4, 0.5) is 14.0 Å². The molecule has 0 unspecified atom stereocenters. The summed E-state index contributed by atoms with van der Waals surface area (Å²) < 4.78 is 32.5. The van der Waals surface area contributed by atoms with E-state index in [0.717, 1.165) is 16.0 Å². The summed E-state index contributed by atoms with van der Waals surface area (Å²) in [5.41, 5.74) is 4.10. The molecule has 1 aliphatic heterocycles. The molecule has 1 heterocycles. The zero-order valence-electron chi connectivity index (χ0n) is 33.6. The van der Waals surface area contributed by atoms with Crippen LogP contribution >= 0.6 is 0 Å². The highest BCUT2D eigenvalue weighted by molar-refractivity contribution is 5.93. The van der Waals surface area contributed by atoms with Crippen LogP contribution in [0.2, 0.25) is 0 Å². The Morgan fingerprint density at radius 3 is 1.90 bits per heavy atom. The van der Waals surface area contributed by atoms with Gasteiger partial charge in [-0.25, -0.2) is 18.8 Å². The Bertz CT molecular complexity index is 2300. The maximum Gasteiger partial charge on any atom is 0.408 e. The van der Waals surface area contributed by atoms with Crippen LogP contribution in [0.25, 0.3) is 11.1 Å². The fraction of sp³-hybridized carbons (Fsp3) is 0.255. The number of likely N-dealkylation sites (N-methyl/N-ethyl adjacent to an activating group) is 1. The van der Waals surface area contributed by atoms with E-state index in [0.29, 0.717) is 28.0 Å². The first-order chi connectivity index (χ1) is 29.5. The standard InChI is InChI=1S/C47H47FN4O9/c1-52-41(45(55)56)27-36-24-34(19-21-38(36)48)35-20-22-42(59-28-31-12-5-2-6-13-31)37(25-35)26-40(51-47(58)61-30-33-16-9-4-10-17-33)43(53)50-39(44(52)54)18-11-23-49-46(57)60-29-32-14-7-3-8-15-32/h2-10,12-17,19-22,24-25,39-41H,11,18,23,26-30H2,1H3,(H,49,57)(H,50,53)(H,51,58)(H,55,56)/t39-,40-,41-/m0/s1. The average Bonchev–Trinajstić information content (AvgIpc) is 3.27. The molecule has 5 aromatic carbocycles. The van der Waals surface area contributed by atoms with Crippen LogP contribution in [0.15, 0.2) is 127 Å². The second-order valence-corrected chi connectivity index (χ2v) is 14.6. The number of nitrogens with one attached hydrogen (secondary N) is 3. The van der Waals surface area contributed by atoms with Crippen LogP contribution in [0.3, 0.4) is 0 Å². The van der Waals surface area contributed by atoms with Crippen molar-refractivity contribution >= 4 is 30.0 Å². The van der Waals surface area contributed by atoms with Gasteiger partial charge < -0.3 is 40.2 Å². The van der Waals surface area contributed by atoms with Crippen LogP contribution in [0.5, 0.6) is 5.75 Å². The van der Waals surface area contributed by atoms with Gasteiger partial charge in [-0.3, -0.25) is 9.59 Å². The third kappa shape index (κ3) is 12.4. The number of nitrogens with zero attached hydrogens (tertiary/aromatic N) is 1. The summed E-state index contributed by atoms with van der Waals surface area (Å²) in [6, 6.07) is 32.9. The number of carboxylic acid groups (broad SMARTS) is 1. The van der Waals surface area contributed by atoms with E-state index < -0.39 is 53.9 Å². The van der Waals surface area contributed by atoms with Crippen molar-refractivity contribution in [2.75, 3.05) is 13.6 Å². The number of ether oxygens (including phenoxy) is 3. The van der Waals surface area contributed by atoms with Crippen molar-refractivity contribution in [2.45, 2.75) is 63.6 Å². The number of aliphatic carboxylic acids is 1. The van der Waals surface area contributed by atoms with Crippen molar-refractivity contribution in [3.8, 4) is 16.9 Å². The molecule has 13 nitrogen and oxygen atoms in total. The second kappa shape index (κ2) is 21.2.